The van der Waals surface area contributed by atoms with Crippen LogP contribution < -0.4 is 10.5 Å². The Labute approximate surface area is 153 Å². The van der Waals surface area contributed by atoms with E-state index in [0.29, 0.717) is 11.3 Å². The molecule has 1 amide bonds. The summed E-state index contributed by atoms with van der Waals surface area (Å²) >= 11 is 0. The van der Waals surface area contributed by atoms with Crippen molar-refractivity contribution >= 4 is 21.7 Å². The summed E-state index contributed by atoms with van der Waals surface area (Å²) in [6.45, 7) is 0. The van der Waals surface area contributed by atoms with E-state index in [-0.39, 0.29) is 22.7 Å². The molecule has 0 aliphatic heterocycles. The third-order valence-electron chi connectivity index (χ3n) is 3.58. The van der Waals surface area contributed by atoms with E-state index < -0.39 is 27.6 Å². The molecule has 0 spiro atoms. The van der Waals surface area contributed by atoms with Crippen LogP contribution in [0.5, 0.6) is 0 Å². The van der Waals surface area contributed by atoms with Crippen LogP contribution in [0.4, 0.5) is 14.6 Å². The van der Waals surface area contributed by atoms with Crippen molar-refractivity contribution in [3.63, 3.8) is 0 Å². The van der Waals surface area contributed by atoms with Gasteiger partial charge in [-0.15, -0.1) is 0 Å². The second-order valence-corrected chi connectivity index (χ2v) is 7.40. The fourth-order valence-electron chi connectivity index (χ4n) is 2.42. The summed E-state index contributed by atoms with van der Waals surface area (Å²) in [4.78, 5) is 12.2. The van der Waals surface area contributed by atoms with Gasteiger partial charge in [0, 0.05) is 23.3 Å². The molecule has 140 valence electrons. The molecule has 2 aromatic carbocycles. The minimum atomic E-state index is -3.66. The third-order valence-corrected chi connectivity index (χ3v) is 4.31. The topological polar surface area (TPSA) is 118 Å². The average molecular weight is 392 g/mol. The van der Waals surface area contributed by atoms with Gasteiger partial charge in [-0.25, -0.2) is 22.3 Å². The normalized spacial score (nSPS) is 11.4. The Hall–Kier alpha value is -3.11. The first-order valence-electron chi connectivity index (χ1n) is 7.62. The minimum Gasteiger partial charge on any atom is -0.305 e. The first-order valence-corrected chi connectivity index (χ1v) is 9.34. The number of carbonyl (C=O) groups excluding carboxylic acids is 1. The van der Waals surface area contributed by atoms with Gasteiger partial charge in [-0.2, -0.15) is 5.10 Å². The number of sulfonamides is 1. The van der Waals surface area contributed by atoms with Crippen molar-refractivity contribution in [2.75, 3.05) is 5.32 Å². The van der Waals surface area contributed by atoms with Gasteiger partial charge >= 0.3 is 0 Å². The molecule has 0 unspecified atom stereocenters. The van der Waals surface area contributed by atoms with Crippen LogP contribution in [0.25, 0.3) is 11.3 Å². The predicted octanol–water partition coefficient (Wildman–Crippen LogP) is 2.40. The number of amides is 1. The fourth-order valence-corrected chi connectivity index (χ4v) is 3.07. The van der Waals surface area contributed by atoms with Crippen LogP contribution in [-0.2, 0) is 15.8 Å². The van der Waals surface area contributed by atoms with Gasteiger partial charge < -0.3 is 5.32 Å². The van der Waals surface area contributed by atoms with E-state index in [1.807, 2.05) is 0 Å². The van der Waals surface area contributed by atoms with Crippen molar-refractivity contribution in [2.45, 2.75) is 5.75 Å². The standard InChI is InChI=1S/C17H14F2N4O3S/c18-13-5-12(6-14(19)7-13)15-8-16(23-22-15)21-17(24)11-3-1-10(2-4-11)9-27(20,25)26/h1-8H,9H2,(H2,20,25,26)(H2,21,22,23,24). The minimum absolute atomic E-state index is 0.160. The highest BCUT2D eigenvalue weighted by molar-refractivity contribution is 7.88. The van der Waals surface area contributed by atoms with E-state index in [1.165, 1.54) is 30.3 Å². The van der Waals surface area contributed by atoms with Crippen LogP contribution in [-0.4, -0.2) is 24.5 Å². The molecule has 0 aliphatic carbocycles. The average Bonchev–Trinajstić information content (AvgIpc) is 3.01. The molecule has 0 radical (unpaired) electrons. The number of nitrogens with two attached hydrogens (primary N) is 1. The van der Waals surface area contributed by atoms with Gasteiger partial charge in [0.15, 0.2) is 5.82 Å². The van der Waals surface area contributed by atoms with Crippen molar-refractivity contribution in [2.24, 2.45) is 5.14 Å². The Bertz CT molecular complexity index is 1080. The molecule has 4 N–H and O–H groups in total. The largest absolute Gasteiger partial charge is 0.305 e. The SMILES string of the molecule is NS(=O)(=O)Cc1ccc(C(=O)Nc2cc(-c3cc(F)cc(F)c3)[nH]n2)cc1. The quantitative estimate of drug-likeness (QED) is 0.618. The molecule has 3 rings (SSSR count). The van der Waals surface area contributed by atoms with Crippen LogP contribution in [0, 0.1) is 11.6 Å². The molecule has 10 heteroatoms. The lowest BCUT2D eigenvalue weighted by molar-refractivity contribution is 0.102. The molecule has 27 heavy (non-hydrogen) atoms. The van der Waals surface area contributed by atoms with E-state index in [9.17, 15) is 22.0 Å². The van der Waals surface area contributed by atoms with Crippen LogP contribution in [0.2, 0.25) is 0 Å². The molecule has 0 saturated heterocycles. The summed E-state index contributed by atoms with van der Waals surface area (Å²) in [7, 11) is -3.66. The maximum Gasteiger partial charge on any atom is 0.256 e. The smallest absolute Gasteiger partial charge is 0.256 e. The van der Waals surface area contributed by atoms with E-state index >= 15 is 0 Å². The number of hydrogen-bond acceptors (Lipinski definition) is 4. The number of anilines is 1. The van der Waals surface area contributed by atoms with Crippen molar-refractivity contribution in [3.8, 4) is 11.3 Å². The van der Waals surface area contributed by atoms with E-state index in [0.717, 1.165) is 18.2 Å². The molecule has 1 aromatic heterocycles. The van der Waals surface area contributed by atoms with E-state index in [4.69, 9.17) is 5.14 Å². The highest BCUT2D eigenvalue weighted by atomic mass is 32.2. The highest BCUT2D eigenvalue weighted by Crippen LogP contribution is 2.22. The maximum atomic E-state index is 13.3. The molecule has 1 heterocycles. The van der Waals surface area contributed by atoms with Crippen LogP contribution >= 0.6 is 0 Å². The number of halogens is 2. The molecule has 0 saturated carbocycles. The van der Waals surface area contributed by atoms with Crippen LogP contribution in [0.3, 0.4) is 0 Å². The number of H-pyrrole nitrogens is 1. The van der Waals surface area contributed by atoms with E-state index in [1.54, 1.807) is 0 Å². The van der Waals surface area contributed by atoms with Crippen molar-refractivity contribution < 1.29 is 22.0 Å². The van der Waals surface area contributed by atoms with Gasteiger partial charge in [0.05, 0.1) is 11.4 Å². The number of aromatic nitrogens is 2. The Balaban J connectivity index is 1.72. The summed E-state index contributed by atoms with van der Waals surface area (Å²) < 4.78 is 48.7. The number of primary sulfonamides is 1. The lowest BCUT2D eigenvalue weighted by atomic mass is 10.1. The first kappa shape index (κ1) is 18.7. The number of rotatable bonds is 5. The summed E-state index contributed by atoms with van der Waals surface area (Å²) in [5, 5.41) is 14.0. The second kappa shape index (κ2) is 7.25. The lowest BCUT2D eigenvalue weighted by Gasteiger charge is -2.03. The highest BCUT2D eigenvalue weighted by Gasteiger charge is 2.12. The van der Waals surface area contributed by atoms with Gasteiger partial charge in [-0.05, 0) is 29.8 Å². The number of carbonyl (C=O) groups is 1. The van der Waals surface area contributed by atoms with Gasteiger partial charge in [0.1, 0.15) is 11.6 Å². The Morgan fingerprint density at radius 1 is 1.07 bits per heavy atom. The monoisotopic (exact) mass is 392 g/mol. The summed E-state index contributed by atoms with van der Waals surface area (Å²) in [5.41, 5.74) is 1.29. The summed E-state index contributed by atoms with van der Waals surface area (Å²) in [6, 6.07) is 10.3. The molecule has 0 fully saturated rings. The Morgan fingerprint density at radius 3 is 2.30 bits per heavy atom. The number of nitrogens with one attached hydrogen (secondary N) is 2. The van der Waals surface area contributed by atoms with Crippen molar-refractivity contribution in [1.29, 1.82) is 0 Å². The van der Waals surface area contributed by atoms with Crippen LogP contribution in [0.15, 0.2) is 48.5 Å². The number of hydrogen-bond donors (Lipinski definition) is 3. The zero-order chi connectivity index (χ0) is 19.6. The van der Waals surface area contributed by atoms with Gasteiger partial charge in [0.25, 0.3) is 5.91 Å². The van der Waals surface area contributed by atoms with Crippen molar-refractivity contribution in [1.82, 2.24) is 10.2 Å². The fraction of sp³-hybridized carbons (Fsp3) is 0.0588. The number of aromatic amines is 1. The molecule has 0 bridgehead atoms. The zero-order valence-corrected chi connectivity index (χ0v) is 14.6. The second-order valence-electron chi connectivity index (χ2n) is 5.78. The zero-order valence-electron chi connectivity index (χ0n) is 13.7. The van der Waals surface area contributed by atoms with Gasteiger partial charge in [0.2, 0.25) is 10.0 Å². The summed E-state index contributed by atoms with van der Waals surface area (Å²) in [6.07, 6.45) is 0. The van der Waals surface area contributed by atoms with Crippen molar-refractivity contribution in [3.05, 3.63) is 71.3 Å². The molecule has 7 nitrogen and oxygen atoms in total. The van der Waals surface area contributed by atoms with E-state index in [2.05, 4.69) is 15.5 Å². The molecule has 0 aliphatic rings. The molecular formula is C17H14F2N4O3S. The van der Waals surface area contributed by atoms with Crippen LogP contribution in [0.1, 0.15) is 15.9 Å². The Morgan fingerprint density at radius 2 is 1.70 bits per heavy atom. The van der Waals surface area contributed by atoms with Gasteiger partial charge in [-0.1, -0.05) is 12.1 Å². The van der Waals surface area contributed by atoms with Gasteiger partial charge in [-0.3, -0.25) is 9.89 Å². The first-order chi connectivity index (χ1) is 12.7. The number of nitrogens with zero attached hydrogens (tertiary/aromatic N) is 1. The maximum absolute atomic E-state index is 13.3. The third kappa shape index (κ3) is 4.96. The summed E-state index contributed by atoms with van der Waals surface area (Å²) in [5.74, 6) is -2.12. The predicted molar refractivity (Wildman–Crippen MR) is 95.1 cm³/mol. The Kier molecular flexibility index (Phi) is 5.02. The molecular weight excluding hydrogens is 378 g/mol. The number of benzene rings is 2. The molecule has 3 aromatic rings. The molecule has 0 atom stereocenters. The lowest BCUT2D eigenvalue weighted by Crippen LogP contribution is -2.15.